The molecule has 7 nitrogen and oxygen atoms in total. The van der Waals surface area contributed by atoms with Crippen molar-refractivity contribution in [2.45, 2.75) is 39.7 Å². The molecule has 0 radical (unpaired) electrons. The molecule has 0 aliphatic carbocycles. The standard InChI is InChI=1S/C14H26N4O3S.HI/c1-6-15-13(16-7-8-22(5,19)20)18-10-12-17-9-11(21-12)14(2,3)4;/h9H,6-8,10H2,1-5H3,(H2,15,16,18);1H. The summed E-state index contributed by atoms with van der Waals surface area (Å²) in [6.07, 6.45) is 2.93. The van der Waals surface area contributed by atoms with Crippen LogP contribution >= 0.6 is 24.0 Å². The van der Waals surface area contributed by atoms with E-state index in [-0.39, 0.29) is 35.1 Å². The summed E-state index contributed by atoms with van der Waals surface area (Å²) < 4.78 is 27.9. The molecule has 0 aromatic carbocycles. The fourth-order valence-electron chi connectivity index (χ4n) is 1.57. The predicted molar refractivity (Wildman–Crippen MR) is 103 cm³/mol. The van der Waals surface area contributed by atoms with Crippen LogP contribution < -0.4 is 10.6 Å². The quantitative estimate of drug-likeness (QED) is 0.383. The lowest BCUT2D eigenvalue weighted by molar-refractivity contribution is 0.383. The Kier molecular flexibility index (Phi) is 9.11. The van der Waals surface area contributed by atoms with Crippen LogP contribution in [0.3, 0.4) is 0 Å². The summed E-state index contributed by atoms with van der Waals surface area (Å²) in [5.41, 5.74) is -0.0901. The maximum absolute atomic E-state index is 11.1. The number of nitrogens with zero attached hydrogens (tertiary/aromatic N) is 2. The van der Waals surface area contributed by atoms with E-state index >= 15 is 0 Å². The van der Waals surface area contributed by atoms with Gasteiger partial charge in [0.2, 0.25) is 5.89 Å². The van der Waals surface area contributed by atoms with Gasteiger partial charge in [0, 0.05) is 24.8 Å². The molecule has 1 aromatic rings. The van der Waals surface area contributed by atoms with Crippen LogP contribution in [-0.4, -0.2) is 44.5 Å². The number of halogens is 1. The second-order valence-corrected chi connectivity index (χ2v) is 8.38. The number of oxazole rings is 1. The summed E-state index contributed by atoms with van der Waals surface area (Å²) in [6.45, 7) is 9.39. The predicted octanol–water partition coefficient (Wildman–Crippen LogP) is 1.69. The molecule has 1 rings (SSSR count). The molecule has 134 valence electrons. The van der Waals surface area contributed by atoms with Gasteiger partial charge in [0.15, 0.2) is 5.96 Å². The number of hydrogen-bond donors (Lipinski definition) is 2. The minimum Gasteiger partial charge on any atom is -0.443 e. The van der Waals surface area contributed by atoms with Crippen LogP contribution in [0, 0.1) is 0 Å². The molecule has 2 N–H and O–H groups in total. The highest BCUT2D eigenvalue weighted by molar-refractivity contribution is 14.0. The fourth-order valence-corrected chi connectivity index (χ4v) is 2.05. The van der Waals surface area contributed by atoms with Gasteiger partial charge in [0.25, 0.3) is 0 Å². The largest absolute Gasteiger partial charge is 0.443 e. The van der Waals surface area contributed by atoms with Gasteiger partial charge in [0.1, 0.15) is 22.1 Å². The molecular weight excluding hydrogens is 431 g/mol. The van der Waals surface area contributed by atoms with Gasteiger partial charge >= 0.3 is 0 Å². The molecule has 23 heavy (non-hydrogen) atoms. The normalized spacial score (nSPS) is 12.7. The van der Waals surface area contributed by atoms with E-state index in [0.717, 1.165) is 5.76 Å². The Morgan fingerprint density at radius 2 is 2.00 bits per heavy atom. The van der Waals surface area contributed by atoms with Gasteiger partial charge in [-0.25, -0.2) is 18.4 Å². The third kappa shape index (κ3) is 9.14. The van der Waals surface area contributed by atoms with Gasteiger partial charge in [-0.1, -0.05) is 20.8 Å². The van der Waals surface area contributed by atoms with Crippen LogP contribution in [0.25, 0.3) is 0 Å². The highest BCUT2D eigenvalue weighted by atomic mass is 127. The molecule has 1 aromatic heterocycles. The summed E-state index contributed by atoms with van der Waals surface area (Å²) in [5, 5.41) is 6.03. The van der Waals surface area contributed by atoms with E-state index in [9.17, 15) is 8.42 Å². The van der Waals surface area contributed by atoms with E-state index in [4.69, 9.17) is 4.42 Å². The molecule has 0 saturated heterocycles. The summed E-state index contributed by atoms with van der Waals surface area (Å²) in [5.74, 6) is 1.95. The first-order valence-electron chi connectivity index (χ1n) is 7.27. The molecule has 0 aliphatic heterocycles. The zero-order valence-electron chi connectivity index (χ0n) is 14.3. The number of nitrogens with one attached hydrogen (secondary N) is 2. The van der Waals surface area contributed by atoms with Gasteiger partial charge in [-0.15, -0.1) is 24.0 Å². The second-order valence-electron chi connectivity index (χ2n) is 6.12. The van der Waals surface area contributed by atoms with Crippen LogP contribution in [0.4, 0.5) is 0 Å². The smallest absolute Gasteiger partial charge is 0.216 e. The van der Waals surface area contributed by atoms with Gasteiger partial charge < -0.3 is 15.1 Å². The third-order valence-electron chi connectivity index (χ3n) is 2.77. The molecule has 0 saturated carbocycles. The van der Waals surface area contributed by atoms with E-state index < -0.39 is 9.84 Å². The van der Waals surface area contributed by atoms with Crippen molar-refractivity contribution in [2.75, 3.05) is 25.1 Å². The fraction of sp³-hybridized carbons (Fsp3) is 0.714. The van der Waals surface area contributed by atoms with Crippen molar-refractivity contribution < 1.29 is 12.8 Å². The molecule has 0 unspecified atom stereocenters. The van der Waals surface area contributed by atoms with Crippen molar-refractivity contribution in [1.29, 1.82) is 0 Å². The first-order valence-corrected chi connectivity index (χ1v) is 9.33. The molecule has 1 heterocycles. The molecule has 0 atom stereocenters. The molecule has 0 bridgehead atoms. The van der Waals surface area contributed by atoms with Crippen LogP contribution in [0.1, 0.15) is 39.3 Å². The van der Waals surface area contributed by atoms with E-state index in [1.165, 1.54) is 6.26 Å². The van der Waals surface area contributed by atoms with E-state index in [0.29, 0.717) is 31.5 Å². The second kappa shape index (κ2) is 9.45. The third-order valence-corrected chi connectivity index (χ3v) is 3.72. The van der Waals surface area contributed by atoms with Crippen LogP contribution in [-0.2, 0) is 21.8 Å². The molecule has 0 fully saturated rings. The number of hydrogen-bond acceptors (Lipinski definition) is 5. The molecule has 0 amide bonds. The topological polar surface area (TPSA) is 96.6 Å². The number of sulfone groups is 1. The van der Waals surface area contributed by atoms with Gasteiger partial charge in [-0.2, -0.15) is 0 Å². The van der Waals surface area contributed by atoms with Crippen molar-refractivity contribution in [1.82, 2.24) is 15.6 Å². The minimum atomic E-state index is -2.99. The highest BCUT2D eigenvalue weighted by Gasteiger charge is 2.19. The Balaban J connectivity index is 0.00000484. The molecule has 0 aliphatic rings. The first-order chi connectivity index (χ1) is 10.1. The Labute approximate surface area is 155 Å². The van der Waals surface area contributed by atoms with E-state index in [1.54, 1.807) is 6.20 Å². The summed E-state index contributed by atoms with van der Waals surface area (Å²) in [4.78, 5) is 8.55. The van der Waals surface area contributed by atoms with Crippen molar-refractivity contribution >= 4 is 39.8 Å². The van der Waals surface area contributed by atoms with Gasteiger partial charge in [-0.05, 0) is 6.92 Å². The average Bonchev–Trinajstić information content (AvgIpc) is 2.83. The zero-order chi connectivity index (χ0) is 16.8. The molecule has 0 spiro atoms. The highest BCUT2D eigenvalue weighted by Crippen LogP contribution is 2.22. The summed E-state index contributed by atoms with van der Waals surface area (Å²) in [6, 6.07) is 0. The average molecular weight is 458 g/mol. The Hall–Kier alpha value is -0.840. The lowest BCUT2D eigenvalue weighted by Crippen LogP contribution is -2.39. The lowest BCUT2D eigenvalue weighted by atomic mass is 9.94. The van der Waals surface area contributed by atoms with Crippen LogP contribution in [0.15, 0.2) is 15.6 Å². The SMILES string of the molecule is CCNC(=NCc1ncc(C(C)(C)C)o1)NCCS(C)(=O)=O.I. The summed E-state index contributed by atoms with van der Waals surface area (Å²) in [7, 11) is -2.99. The van der Waals surface area contributed by atoms with Crippen LogP contribution in [0.2, 0.25) is 0 Å². The van der Waals surface area contributed by atoms with Crippen LogP contribution in [0.5, 0.6) is 0 Å². The number of aromatic nitrogens is 1. The maximum atomic E-state index is 11.1. The monoisotopic (exact) mass is 458 g/mol. The van der Waals surface area contributed by atoms with Crippen molar-refractivity contribution in [3.63, 3.8) is 0 Å². The number of rotatable bonds is 6. The maximum Gasteiger partial charge on any atom is 0.216 e. The number of aliphatic imine (C=N–C) groups is 1. The zero-order valence-corrected chi connectivity index (χ0v) is 17.5. The Morgan fingerprint density at radius 1 is 1.35 bits per heavy atom. The lowest BCUT2D eigenvalue weighted by Gasteiger charge is -2.13. The van der Waals surface area contributed by atoms with Crippen molar-refractivity contribution in [3.05, 3.63) is 17.8 Å². The van der Waals surface area contributed by atoms with E-state index in [2.05, 4.69) is 41.4 Å². The Morgan fingerprint density at radius 3 is 2.48 bits per heavy atom. The summed E-state index contributed by atoms with van der Waals surface area (Å²) >= 11 is 0. The Bertz CT molecular complexity index is 606. The van der Waals surface area contributed by atoms with Crippen molar-refractivity contribution in [2.24, 2.45) is 4.99 Å². The molecule has 9 heteroatoms. The van der Waals surface area contributed by atoms with Gasteiger partial charge in [0.05, 0.1) is 11.9 Å². The first kappa shape index (κ1) is 22.2. The molecular formula is C14H27IN4O3S. The van der Waals surface area contributed by atoms with E-state index in [1.807, 2.05) is 6.92 Å². The minimum absolute atomic E-state index is 0. The van der Waals surface area contributed by atoms with Gasteiger partial charge in [-0.3, -0.25) is 0 Å². The van der Waals surface area contributed by atoms with Crippen molar-refractivity contribution in [3.8, 4) is 0 Å². The number of guanidine groups is 1.